The van der Waals surface area contributed by atoms with E-state index in [4.69, 9.17) is 14.6 Å². The number of carbonyl (C=O) groups is 5. The maximum Gasteiger partial charge on any atom is 0.303 e. The number of aliphatic carboxylic acids is 1. The molecule has 1 rings (SSSR count). The Kier molecular flexibility index (Phi) is 13.0. The van der Waals surface area contributed by atoms with Crippen LogP contribution in [0.4, 0.5) is 0 Å². The Balaban J connectivity index is 2.35. The van der Waals surface area contributed by atoms with Gasteiger partial charge in [-0.2, -0.15) is 0 Å². The number of carbonyl (C=O) groups excluding carboxylic acids is 4. The van der Waals surface area contributed by atoms with Gasteiger partial charge in [0.15, 0.2) is 0 Å². The highest BCUT2D eigenvalue weighted by Crippen LogP contribution is 2.21. The Labute approximate surface area is 238 Å². The standard InChI is InChI=1S/C29H49N3O8/c1-26(2,16-20-40-29(7,8)15-12-25(37)38)30-21(33)11-14-28(5,6)39-19-17-27(3,4)31-22(34)13-18-32-23(35)9-10-24(32)36/h9-10H,11-20H2,1-8H3,(H,30,33)(H,31,34)(H,37,38). The first-order valence-electron chi connectivity index (χ1n) is 13.9. The van der Waals surface area contributed by atoms with Crippen molar-refractivity contribution in [1.29, 1.82) is 0 Å². The molecule has 0 unspecified atom stereocenters. The second kappa shape index (κ2) is 14.7. The van der Waals surface area contributed by atoms with E-state index in [-0.39, 0.29) is 37.6 Å². The van der Waals surface area contributed by atoms with E-state index in [2.05, 4.69) is 10.6 Å². The topological polar surface area (TPSA) is 151 Å². The number of nitrogens with one attached hydrogen (secondary N) is 2. The molecule has 0 atom stereocenters. The average molecular weight is 568 g/mol. The predicted octanol–water partition coefficient (Wildman–Crippen LogP) is 3.11. The molecule has 11 nitrogen and oxygen atoms in total. The molecular weight excluding hydrogens is 518 g/mol. The van der Waals surface area contributed by atoms with Crippen molar-refractivity contribution in [2.24, 2.45) is 0 Å². The van der Waals surface area contributed by atoms with Gasteiger partial charge in [0, 0.05) is 62.3 Å². The van der Waals surface area contributed by atoms with E-state index in [0.29, 0.717) is 38.9 Å². The van der Waals surface area contributed by atoms with Gasteiger partial charge in [-0.15, -0.1) is 0 Å². The van der Waals surface area contributed by atoms with Crippen molar-refractivity contribution in [2.45, 2.75) is 123 Å². The van der Waals surface area contributed by atoms with Gasteiger partial charge < -0.3 is 25.2 Å². The summed E-state index contributed by atoms with van der Waals surface area (Å²) in [6.07, 6.45) is 4.77. The minimum atomic E-state index is -0.854. The molecule has 0 aliphatic carbocycles. The molecule has 0 aromatic rings. The monoisotopic (exact) mass is 567 g/mol. The van der Waals surface area contributed by atoms with Gasteiger partial charge in [0.2, 0.25) is 11.8 Å². The van der Waals surface area contributed by atoms with E-state index in [1.165, 1.54) is 12.2 Å². The number of nitrogens with zero attached hydrogens (tertiary/aromatic N) is 1. The Bertz CT molecular complexity index is 935. The van der Waals surface area contributed by atoms with Crippen LogP contribution in [0.2, 0.25) is 0 Å². The molecular formula is C29H49N3O8. The number of amides is 4. The molecule has 0 radical (unpaired) electrons. The van der Waals surface area contributed by atoms with Gasteiger partial charge in [-0.05, 0) is 81.1 Å². The van der Waals surface area contributed by atoms with Crippen LogP contribution < -0.4 is 10.6 Å². The summed E-state index contributed by atoms with van der Waals surface area (Å²) in [7, 11) is 0. The first-order valence-corrected chi connectivity index (χ1v) is 13.9. The predicted molar refractivity (Wildman–Crippen MR) is 150 cm³/mol. The Morgan fingerprint density at radius 1 is 0.700 bits per heavy atom. The van der Waals surface area contributed by atoms with Crippen molar-refractivity contribution < 1.29 is 38.6 Å². The lowest BCUT2D eigenvalue weighted by Crippen LogP contribution is -2.46. The molecule has 0 fully saturated rings. The van der Waals surface area contributed by atoms with Crippen LogP contribution >= 0.6 is 0 Å². The van der Waals surface area contributed by atoms with Crippen LogP contribution in [0.25, 0.3) is 0 Å². The van der Waals surface area contributed by atoms with Gasteiger partial charge in [-0.25, -0.2) is 0 Å². The minimum absolute atomic E-state index is 0.0228. The first-order chi connectivity index (χ1) is 18.2. The van der Waals surface area contributed by atoms with Crippen LogP contribution in [0.3, 0.4) is 0 Å². The van der Waals surface area contributed by atoms with Crippen molar-refractivity contribution in [3.63, 3.8) is 0 Å². The third-order valence-corrected chi connectivity index (χ3v) is 6.75. The number of hydrogen-bond acceptors (Lipinski definition) is 7. The van der Waals surface area contributed by atoms with E-state index in [9.17, 15) is 24.0 Å². The minimum Gasteiger partial charge on any atom is -0.481 e. The van der Waals surface area contributed by atoms with E-state index >= 15 is 0 Å². The van der Waals surface area contributed by atoms with Gasteiger partial charge in [0.1, 0.15) is 0 Å². The van der Waals surface area contributed by atoms with Gasteiger partial charge in [0.05, 0.1) is 11.2 Å². The summed E-state index contributed by atoms with van der Waals surface area (Å²) in [5.41, 5.74) is -2.15. The molecule has 3 N–H and O–H groups in total. The normalized spacial score (nSPS) is 14.6. The summed E-state index contributed by atoms with van der Waals surface area (Å²) in [6, 6.07) is 0. The fourth-order valence-electron chi connectivity index (χ4n) is 4.00. The Morgan fingerprint density at radius 2 is 1.10 bits per heavy atom. The quantitative estimate of drug-likeness (QED) is 0.201. The zero-order valence-corrected chi connectivity index (χ0v) is 25.5. The van der Waals surface area contributed by atoms with E-state index in [0.717, 1.165) is 4.90 Å². The highest BCUT2D eigenvalue weighted by atomic mass is 16.5. The summed E-state index contributed by atoms with van der Waals surface area (Å²) >= 11 is 0. The summed E-state index contributed by atoms with van der Waals surface area (Å²) in [4.78, 5) is 60.1. The first kappa shape index (κ1) is 35.2. The maximum atomic E-state index is 12.6. The largest absolute Gasteiger partial charge is 0.481 e. The van der Waals surface area contributed by atoms with E-state index in [1.54, 1.807) is 0 Å². The zero-order chi connectivity index (χ0) is 30.8. The van der Waals surface area contributed by atoms with Crippen molar-refractivity contribution >= 4 is 29.6 Å². The summed E-state index contributed by atoms with van der Waals surface area (Å²) in [5.74, 6) is -2.02. The summed E-state index contributed by atoms with van der Waals surface area (Å²) < 4.78 is 11.9. The molecule has 40 heavy (non-hydrogen) atoms. The molecule has 0 saturated carbocycles. The van der Waals surface area contributed by atoms with Crippen LogP contribution in [0.1, 0.15) is 100 Å². The third-order valence-electron chi connectivity index (χ3n) is 6.75. The summed E-state index contributed by atoms with van der Waals surface area (Å²) in [5, 5.41) is 14.8. The van der Waals surface area contributed by atoms with E-state index in [1.807, 2.05) is 55.4 Å². The van der Waals surface area contributed by atoms with Gasteiger partial charge in [-0.1, -0.05) is 0 Å². The zero-order valence-electron chi connectivity index (χ0n) is 25.5. The van der Waals surface area contributed by atoms with Gasteiger partial charge in [0.25, 0.3) is 11.8 Å². The molecule has 0 bridgehead atoms. The number of ether oxygens (including phenoxy) is 2. The highest BCUT2D eigenvalue weighted by Gasteiger charge is 2.28. The molecule has 11 heteroatoms. The molecule has 0 aromatic heterocycles. The van der Waals surface area contributed by atoms with Gasteiger partial charge >= 0.3 is 5.97 Å². The number of imide groups is 1. The molecule has 228 valence electrons. The molecule has 1 heterocycles. The SMILES string of the molecule is CC(C)(CCOC(C)(C)CCC(=O)NC(C)(C)CCOC(C)(C)CCC(=O)O)NC(=O)CCN1C(=O)C=CC1=O. The van der Waals surface area contributed by atoms with Crippen LogP contribution in [-0.2, 0) is 33.4 Å². The molecule has 1 aliphatic heterocycles. The second-order valence-corrected chi connectivity index (χ2v) is 12.9. The molecule has 1 aliphatic rings. The smallest absolute Gasteiger partial charge is 0.303 e. The number of rotatable bonds is 19. The van der Waals surface area contributed by atoms with Crippen LogP contribution in [0, 0.1) is 0 Å². The second-order valence-electron chi connectivity index (χ2n) is 12.9. The number of carboxylic acids is 1. The number of hydrogen-bond donors (Lipinski definition) is 3. The maximum absolute atomic E-state index is 12.6. The fraction of sp³-hybridized carbons (Fsp3) is 0.759. The lowest BCUT2D eigenvalue weighted by Gasteiger charge is -2.32. The van der Waals surface area contributed by atoms with Crippen molar-refractivity contribution in [3.8, 4) is 0 Å². The Hall–Kier alpha value is -2.79. The highest BCUT2D eigenvalue weighted by molar-refractivity contribution is 6.13. The third kappa shape index (κ3) is 14.6. The van der Waals surface area contributed by atoms with Crippen molar-refractivity contribution in [1.82, 2.24) is 15.5 Å². The van der Waals surface area contributed by atoms with Crippen LogP contribution in [0.5, 0.6) is 0 Å². The molecule has 0 aromatic carbocycles. The summed E-state index contributed by atoms with van der Waals surface area (Å²) in [6.45, 7) is 16.0. The lowest BCUT2D eigenvalue weighted by atomic mass is 9.97. The van der Waals surface area contributed by atoms with Crippen LogP contribution in [-0.4, -0.2) is 81.6 Å². The Morgan fingerprint density at radius 3 is 1.52 bits per heavy atom. The number of carboxylic acid groups (broad SMARTS) is 1. The van der Waals surface area contributed by atoms with Gasteiger partial charge in [-0.3, -0.25) is 28.9 Å². The van der Waals surface area contributed by atoms with Crippen molar-refractivity contribution in [2.75, 3.05) is 19.8 Å². The fourth-order valence-corrected chi connectivity index (χ4v) is 4.00. The van der Waals surface area contributed by atoms with Crippen molar-refractivity contribution in [3.05, 3.63) is 12.2 Å². The molecule has 4 amide bonds. The van der Waals surface area contributed by atoms with E-state index < -0.39 is 40.1 Å². The molecule has 0 saturated heterocycles. The van der Waals surface area contributed by atoms with Crippen LogP contribution in [0.15, 0.2) is 12.2 Å². The lowest BCUT2D eigenvalue weighted by molar-refractivity contribution is -0.139. The average Bonchev–Trinajstić information content (AvgIpc) is 3.11. The molecule has 0 spiro atoms.